The lowest BCUT2D eigenvalue weighted by Crippen LogP contribution is -2.71. The van der Waals surface area contributed by atoms with Gasteiger partial charge in [-0.2, -0.15) is 0 Å². The zero-order valence-corrected chi connectivity index (χ0v) is 13.4. The molecule has 2 heteroatoms. The number of nitrogens with zero attached hydrogens (tertiary/aromatic N) is 1. The van der Waals surface area contributed by atoms with Crippen LogP contribution in [0.15, 0.2) is 42.5 Å². The maximum Gasteiger partial charge on any atom is 0.162 e. The molecule has 2 aliphatic rings. The summed E-state index contributed by atoms with van der Waals surface area (Å²) in [6.07, 6.45) is 5.36. The topological polar surface area (TPSA) is 20.3 Å². The van der Waals surface area contributed by atoms with Gasteiger partial charge in [0.2, 0.25) is 0 Å². The van der Waals surface area contributed by atoms with Crippen molar-refractivity contribution in [3.63, 3.8) is 0 Å². The van der Waals surface area contributed by atoms with E-state index in [1.807, 2.05) is 18.2 Å². The summed E-state index contributed by atoms with van der Waals surface area (Å²) >= 11 is 0. The van der Waals surface area contributed by atoms with Gasteiger partial charge >= 0.3 is 0 Å². The molecule has 0 N–H and O–H groups in total. The van der Waals surface area contributed by atoms with Crippen LogP contribution in [0.4, 0.5) is 0 Å². The molecule has 0 spiro atoms. The van der Waals surface area contributed by atoms with E-state index in [1.54, 1.807) is 0 Å². The number of ketones is 1. The minimum Gasteiger partial charge on any atom is -0.297 e. The molecule has 0 aliphatic heterocycles. The molecule has 0 bridgehead atoms. The molecule has 1 saturated carbocycles. The number of fused-ring (bicyclic) bond motifs is 1. The first-order valence-electron chi connectivity index (χ1n) is 8.04. The van der Waals surface area contributed by atoms with Crippen molar-refractivity contribution in [1.29, 1.82) is 0 Å². The Morgan fingerprint density at radius 2 is 1.71 bits per heavy atom. The molecule has 2 nitrogen and oxygen atoms in total. The van der Waals surface area contributed by atoms with E-state index >= 15 is 0 Å². The summed E-state index contributed by atoms with van der Waals surface area (Å²) in [6.45, 7) is 8.81. The van der Waals surface area contributed by atoms with Crippen molar-refractivity contribution in [2.24, 2.45) is 5.92 Å². The molecule has 21 heavy (non-hydrogen) atoms. The Kier molecular flexibility index (Phi) is 3.53. The van der Waals surface area contributed by atoms with Crippen molar-refractivity contribution in [3.05, 3.63) is 48.0 Å². The van der Waals surface area contributed by atoms with Crippen LogP contribution in [-0.4, -0.2) is 28.3 Å². The average Bonchev–Trinajstić information content (AvgIpc) is 2.80. The zero-order valence-electron chi connectivity index (χ0n) is 13.4. The van der Waals surface area contributed by atoms with Crippen LogP contribution in [0, 0.1) is 5.92 Å². The van der Waals surface area contributed by atoms with Crippen LogP contribution in [0.25, 0.3) is 0 Å². The first-order valence-corrected chi connectivity index (χ1v) is 8.04. The summed E-state index contributed by atoms with van der Waals surface area (Å²) in [5.41, 5.74) is 0.880. The Hall–Kier alpha value is -1.41. The Morgan fingerprint density at radius 3 is 2.29 bits per heavy atom. The molecular formula is C19H25NO. The van der Waals surface area contributed by atoms with Crippen molar-refractivity contribution in [3.8, 4) is 0 Å². The Morgan fingerprint density at radius 1 is 1.10 bits per heavy atom. The van der Waals surface area contributed by atoms with Gasteiger partial charge in [0, 0.05) is 18.0 Å². The number of rotatable bonds is 4. The minimum absolute atomic E-state index is 0.0462. The largest absolute Gasteiger partial charge is 0.297 e. The van der Waals surface area contributed by atoms with Crippen molar-refractivity contribution in [2.75, 3.05) is 0 Å². The van der Waals surface area contributed by atoms with Gasteiger partial charge in [0.15, 0.2) is 5.78 Å². The highest BCUT2D eigenvalue weighted by Gasteiger charge is 2.65. The summed E-state index contributed by atoms with van der Waals surface area (Å²) in [5.74, 6) is 0.785. The second-order valence-corrected chi connectivity index (χ2v) is 6.93. The molecule has 3 rings (SSSR count). The first-order chi connectivity index (χ1) is 10.00. The van der Waals surface area contributed by atoms with Crippen molar-refractivity contribution in [1.82, 2.24) is 4.90 Å². The van der Waals surface area contributed by atoms with Crippen LogP contribution in [0.3, 0.4) is 0 Å². The molecule has 3 atom stereocenters. The van der Waals surface area contributed by atoms with E-state index in [4.69, 9.17) is 0 Å². The predicted molar refractivity (Wildman–Crippen MR) is 86.3 cm³/mol. The average molecular weight is 283 g/mol. The normalized spacial score (nSPS) is 31.1. The number of carbonyl (C=O) groups excluding carboxylic acids is 1. The van der Waals surface area contributed by atoms with E-state index in [9.17, 15) is 4.79 Å². The molecule has 1 fully saturated rings. The zero-order chi connectivity index (χ0) is 15.2. The standard InChI is InChI=1S/C19H25NO/c1-13(2)20(14(3)4)19-12-8-11-16(19)17(18(19)21)15-9-6-5-7-10-15/h5-11,13-14,16-17H,12H2,1-4H3/t16-,17+,19+/m0/s1. The first kappa shape index (κ1) is 14.5. The van der Waals surface area contributed by atoms with Gasteiger partial charge in [-0.15, -0.1) is 0 Å². The third-order valence-corrected chi connectivity index (χ3v) is 5.12. The second kappa shape index (κ2) is 5.10. The maximum atomic E-state index is 13.1. The number of carbonyl (C=O) groups is 1. The fourth-order valence-corrected chi connectivity index (χ4v) is 4.62. The molecule has 0 amide bonds. The molecule has 1 aromatic rings. The van der Waals surface area contributed by atoms with Gasteiger partial charge in [0.05, 0.1) is 11.5 Å². The van der Waals surface area contributed by atoms with Crippen LogP contribution in [-0.2, 0) is 4.79 Å². The Labute approximate surface area is 127 Å². The summed E-state index contributed by atoms with van der Waals surface area (Å²) in [4.78, 5) is 15.6. The summed E-state index contributed by atoms with van der Waals surface area (Å²) in [6, 6.07) is 11.0. The van der Waals surface area contributed by atoms with Gasteiger partial charge in [-0.1, -0.05) is 42.5 Å². The highest BCUT2D eigenvalue weighted by atomic mass is 16.1. The summed E-state index contributed by atoms with van der Waals surface area (Å²) in [5, 5.41) is 0. The molecule has 0 radical (unpaired) electrons. The molecule has 2 aliphatic carbocycles. The quantitative estimate of drug-likeness (QED) is 0.784. The molecule has 0 unspecified atom stereocenters. The molecule has 112 valence electrons. The second-order valence-electron chi connectivity index (χ2n) is 6.93. The third kappa shape index (κ3) is 1.92. The lowest BCUT2D eigenvalue weighted by Gasteiger charge is -2.58. The van der Waals surface area contributed by atoms with Crippen molar-refractivity contribution >= 4 is 5.78 Å². The van der Waals surface area contributed by atoms with Gasteiger partial charge in [-0.3, -0.25) is 9.69 Å². The lowest BCUT2D eigenvalue weighted by molar-refractivity contribution is -0.155. The van der Waals surface area contributed by atoms with E-state index in [1.165, 1.54) is 5.56 Å². The maximum absolute atomic E-state index is 13.1. The van der Waals surface area contributed by atoms with Crippen LogP contribution in [0.2, 0.25) is 0 Å². The third-order valence-electron chi connectivity index (χ3n) is 5.12. The number of hydrogen-bond acceptors (Lipinski definition) is 2. The SMILES string of the molecule is CC(C)N(C(C)C)[C@]12CC=C[C@H]1[C@@H](c1ccccc1)C2=O. The number of Topliss-reactive ketones (excluding diaryl/α,β-unsaturated/α-hetero) is 1. The fourth-order valence-electron chi connectivity index (χ4n) is 4.62. The van der Waals surface area contributed by atoms with E-state index < -0.39 is 0 Å². The molecule has 1 aromatic carbocycles. The predicted octanol–water partition coefficient (Wildman–Crippen LogP) is 3.79. The monoisotopic (exact) mass is 283 g/mol. The molecular weight excluding hydrogens is 258 g/mol. The summed E-state index contributed by atoms with van der Waals surface area (Å²) in [7, 11) is 0. The minimum atomic E-state index is -0.289. The number of benzene rings is 1. The Bertz CT molecular complexity index is 552. The van der Waals surface area contributed by atoms with Gasteiger partial charge in [0.1, 0.15) is 0 Å². The van der Waals surface area contributed by atoms with E-state index in [0.29, 0.717) is 23.8 Å². The van der Waals surface area contributed by atoms with Gasteiger partial charge < -0.3 is 0 Å². The van der Waals surface area contributed by atoms with Gasteiger partial charge in [-0.25, -0.2) is 0 Å². The highest BCUT2D eigenvalue weighted by molar-refractivity contribution is 6.03. The lowest BCUT2D eigenvalue weighted by atomic mass is 9.56. The van der Waals surface area contributed by atoms with Crippen molar-refractivity contribution < 1.29 is 4.79 Å². The Balaban J connectivity index is 1.97. The number of hydrogen-bond donors (Lipinski definition) is 0. The smallest absolute Gasteiger partial charge is 0.162 e. The van der Waals surface area contributed by atoms with Crippen LogP contribution in [0.1, 0.15) is 45.6 Å². The highest BCUT2D eigenvalue weighted by Crippen LogP contribution is 2.56. The molecule has 0 heterocycles. The van der Waals surface area contributed by atoms with E-state index in [0.717, 1.165) is 6.42 Å². The van der Waals surface area contributed by atoms with Crippen molar-refractivity contribution in [2.45, 2.75) is 57.7 Å². The van der Waals surface area contributed by atoms with E-state index in [2.05, 4.69) is 56.9 Å². The van der Waals surface area contributed by atoms with Crippen LogP contribution >= 0.6 is 0 Å². The van der Waals surface area contributed by atoms with Crippen LogP contribution in [0.5, 0.6) is 0 Å². The van der Waals surface area contributed by atoms with Gasteiger partial charge in [0.25, 0.3) is 0 Å². The summed E-state index contributed by atoms with van der Waals surface area (Å²) < 4.78 is 0. The van der Waals surface area contributed by atoms with E-state index in [-0.39, 0.29) is 11.5 Å². The fraction of sp³-hybridized carbons (Fsp3) is 0.526. The molecule has 0 aromatic heterocycles. The van der Waals surface area contributed by atoms with Gasteiger partial charge in [-0.05, 0) is 39.7 Å². The van der Waals surface area contributed by atoms with Crippen LogP contribution < -0.4 is 0 Å². The molecule has 0 saturated heterocycles.